The highest BCUT2D eigenvalue weighted by Crippen LogP contribution is 2.53. The van der Waals surface area contributed by atoms with Gasteiger partial charge in [0.05, 0.1) is 96.4 Å². The molecule has 11 N–H and O–H groups in total. The van der Waals surface area contributed by atoms with Crippen LogP contribution in [-0.4, -0.2) is 188 Å². The van der Waals surface area contributed by atoms with Crippen molar-refractivity contribution >= 4 is 66.7 Å². The van der Waals surface area contributed by atoms with Gasteiger partial charge in [0.25, 0.3) is 0 Å². The van der Waals surface area contributed by atoms with E-state index in [1.165, 1.54) is 70.2 Å². The lowest BCUT2D eigenvalue weighted by Crippen LogP contribution is -2.67. The van der Waals surface area contributed by atoms with Gasteiger partial charge in [0.15, 0.2) is 49.2 Å². The molecule has 7 unspecified atom stereocenters. The van der Waals surface area contributed by atoms with Gasteiger partial charge in [-0.15, -0.1) is 0 Å². The van der Waals surface area contributed by atoms with Crippen molar-refractivity contribution in [3.63, 3.8) is 0 Å². The van der Waals surface area contributed by atoms with Crippen LogP contribution >= 0.6 is 0 Å². The topological polar surface area (TPSA) is 408 Å². The number of aliphatic imine (C=N–C) groups is 3. The summed E-state index contributed by atoms with van der Waals surface area (Å²) in [6, 6.07) is 39.5. The van der Waals surface area contributed by atoms with Gasteiger partial charge in [0.2, 0.25) is 0 Å². The second-order valence-electron chi connectivity index (χ2n) is 35.9. The SMILES string of the molecule is C.C.C.C.C.C=C1NC(CO)(c2ccccc2F)C(C[C@@H](C)O)S(=O)(=O)C1(C)C.C=C1NC(COCc2ccccc2)(c2ccccc2F)C(C[C@@H](C)O)S(=O)(=O)C1(C)C.CC1CC2C(c3ccccc3F)(CO1)N=C(N)C(C)(C)S2(=O)=O.C[C@@H]1C[C@@H]2[C@](c3ccccc3F)(CO1)N=C(N)C(C)(C)S2(=O)=O.C[C@H]1C[C@@H]2[C@](c3ccccc3F)(CO1)N=C(N)C(C)(C)S2(=O)=O. The number of hydrogen-bond acceptors (Lipinski definition) is 25. The van der Waals surface area contributed by atoms with Crippen molar-refractivity contribution in [2.45, 2.75) is 288 Å². The second kappa shape index (κ2) is 40.4. The minimum Gasteiger partial charge on any atom is -0.394 e. The van der Waals surface area contributed by atoms with Crippen molar-refractivity contribution in [1.29, 1.82) is 0 Å². The van der Waals surface area contributed by atoms with Crippen LogP contribution in [0, 0.1) is 29.1 Å². The first-order valence-electron chi connectivity index (χ1n) is 40.8. The van der Waals surface area contributed by atoms with E-state index in [1.54, 1.807) is 134 Å². The van der Waals surface area contributed by atoms with Gasteiger partial charge < -0.3 is 62.1 Å². The van der Waals surface area contributed by atoms with Gasteiger partial charge in [-0.25, -0.2) is 64.0 Å². The second-order valence-corrected chi connectivity index (χ2v) is 49.3. The van der Waals surface area contributed by atoms with Crippen LogP contribution in [0.3, 0.4) is 0 Å². The number of nitrogens with two attached hydrogens (primary N) is 3. The summed E-state index contributed by atoms with van der Waals surface area (Å²) in [7, 11) is -18.8. The number of nitrogens with zero attached hydrogens (tertiary/aromatic N) is 3. The summed E-state index contributed by atoms with van der Waals surface area (Å²) in [5, 5.41) is 31.4. The molecule has 0 aliphatic carbocycles. The maximum Gasteiger partial charge on any atom is 0.168 e. The fourth-order valence-electron chi connectivity index (χ4n) is 17.5. The van der Waals surface area contributed by atoms with Crippen molar-refractivity contribution in [2.24, 2.45) is 32.2 Å². The van der Waals surface area contributed by atoms with Crippen LogP contribution in [0.4, 0.5) is 22.0 Å². The maximum absolute atomic E-state index is 15.1. The zero-order valence-electron chi connectivity index (χ0n) is 72.5. The highest BCUT2D eigenvalue weighted by atomic mass is 32.2. The van der Waals surface area contributed by atoms with Crippen LogP contribution in [0.25, 0.3) is 0 Å². The monoisotopic (exact) mass is 1900 g/mol. The average Bonchev–Trinajstić information content (AvgIpc) is 0.718. The van der Waals surface area contributed by atoms with E-state index in [0.29, 0.717) is 0 Å². The minimum atomic E-state index is -3.88. The lowest BCUT2D eigenvalue weighted by Gasteiger charge is -2.51. The molecule has 0 saturated carbocycles. The third-order valence-corrected chi connectivity index (χ3v) is 41.0. The zero-order valence-corrected chi connectivity index (χ0v) is 76.5. The predicted octanol–water partition coefficient (Wildman–Crippen LogP) is 13.6. The Labute approximate surface area is 762 Å². The van der Waals surface area contributed by atoms with Crippen LogP contribution in [0.5, 0.6) is 0 Å². The van der Waals surface area contributed by atoms with E-state index in [1.807, 2.05) is 51.1 Å². The fourth-order valence-corrected chi connectivity index (χ4v) is 29.3. The Morgan fingerprint density at radius 3 is 0.930 bits per heavy atom. The largest absolute Gasteiger partial charge is 0.394 e. The maximum atomic E-state index is 15.1. The van der Waals surface area contributed by atoms with E-state index < -0.39 is 175 Å². The minimum absolute atomic E-state index is 0. The highest BCUT2D eigenvalue weighted by molar-refractivity contribution is 7.95. The third kappa shape index (κ3) is 19.4. The van der Waals surface area contributed by atoms with E-state index in [0.717, 1.165) is 5.56 Å². The van der Waals surface area contributed by atoms with Crippen molar-refractivity contribution in [2.75, 3.05) is 33.0 Å². The van der Waals surface area contributed by atoms with E-state index in [2.05, 4.69) is 38.8 Å². The number of aliphatic hydroxyl groups excluding tert-OH is 3. The number of sulfone groups is 5. The molecule has 6 aromatic carbocycles. The quantitative estimate of drug-likeness (QED) is 0.0470. The van der Waals surface area contributed by atoms with E-state index in [-0.39, 0.29) is 177 Å². The molecule has 0 amide bonds. The number of ether oxygens (including phenoxy) is 4. The number of hydrogen-bond donors (Lipinski definition) is 8. The van der Waals surface area contributed by atoms with E-state index >= 15 is 4.39 Å². The Hall–Kier alpha value is -8.07. The van der Waals surface area contributed by atoms with Gasteiger partial charge in [0, 0.05) is 39.2 Å². The summed E-state index contributed by atoms with van der Waals surface area (Å²) in [5.74, 6) is -2.68. The molecule has 25 nitrogen and oxygen atoms in total. The Kier molecular flexibility index (Phi) is 34.9. The van der Waals surface area contributed by atoms with E-state index in [4.69, 9.17) is 36.1 Å². The number of nitrogens with one attached hydrogen (secondary N) is 2. The molecule has 0 radical (unpaired) electrons. The van der Waals surface area contributed by atoms with Crippen LogP contribution < -0.4 is 27.8 Å². The van der Waals surface area contributed by atoms with Gasteiger partial charge in [-0.1, -0.05) is 172 Å². The third-order valence-electron chi connectivity index (χ3n) is 26.1. The Bertz CT molecular complexity index is 5400. The first kappa shape index (κ1) is 111. The molecule has 0 bridgehead atoms. The normalized spacial score (nSPS) is 30.5. The number of rotatable bonds is 14. The summed E-state index contributed by atoms with van der Waals surface area (Å²) in [5.41, 5.74) is 13.2. The molecule has 8 heterocycles. The van der Waals surface area contributed by atoms with Crippen LogP contribution in [-0.2, 0) is 102 Å². The molecular formula is C94H137F5N8O17S5. The van der Waals surface area contributed by atoms with Crippen molar-refractivity contribution in [3.8, 4) is 0 Å². The standard InChI is InChI=1S/C24H30FNO4S.C17H24FNO4S.3C16H21FN2O3S.5CH4/c1-17(27)14-22-24(20-12-8-9-13-21(20)25,16-30-15-19-10-6-5-7-11-19)26-18(2)23(3,4)31(22,28)29;1-11(21)9-15-17(10-20,13-7-5-6-8-14(13)18)19-12(2)16(3,4)24(15,22)23;3*1-10-8-13-16(9-22-10,11-6-4-5-7-12(11)17)19-14(18)15(2,3)23(13,20)21;;;;;/h5-13,17,22,26-27H,2,14-16H2,1,3-4H3;5-8,11,15,19-21H,2,9-10H2,1,3-4H3;3*4-7,10,13H,8-9H2,1-3H3,(H2,18,19);5*1H4/t17-,22?,24?;11-,15?,17?;10-,13+,16+;10-,13-,16-;;;;;;/m1101....../s1. The Balaban J connectivity index is 0.000000284. The van der Waals surface area contributed by atoms with Crippen molar-refractivity contribution in [1.82, 2.24) is 10.6 Å². The van der Waals surface area contributed by atoms with Crippen LogP contribution in [0.2, 0.25) is 0 Å². The molecular weight excluding hydrogens is 1770 g/mol. The average molecular weight is 1910 g/mol. The molecule has 129 heavy (non-hydrogen) atoms. The van der Waals surface area contributed by atoms with Gasteiger partial charge >= 0.3 is 0 Å². The van der Waals surface area contributed by atoms with Crippen molar-refractivity contribution in [3.05, 3.63) is 239 Å². The number of benzene rings is 6. The summed E-state index contributed by atoms with van der Waals surface area (Å²) >= 11 is 0. The molecule has 8 aliphatic heterocycles. The van der Waals surface area contributed by atoms with Gasteiger partial charge in [-0.2, -0.15) is 0 Å². The molecule has 720 valence electrons. The molecule has 14 rings (SSSR count). The number of amidine groups is 3. The summed E-state index contributed by atoms with van der Waals surface area (Å²) in [6.07, 6.45) is -1.99. The van der Waals surface area contributed by atoms with Crippen LogP contribution in [0.1, 0.15) is 206 Å². The molecule has 0 aromatic heterocycles. The number of aliphatic hydroxyl groups is 3. The molecule has 0 spiro atoms. The molecule has 15 atom stereocenters. The number of fused-ring (bicyclic) bond motifs is 3. The Morgan fingerprint density at radius 2 is 0.659 bits per heavy atom. The molecule has 5 saturated heterocycles. The van der Waals surface area contributed by atoms with Gasteiger partial charge in [-0.05, 0) is 172 Å². The first-order chi connectivity index (χ1) is 57.4. The zero-order chi connectivity index (χ0) is 92.3. The molecule has 8 aliphatic rings. The Morgan fingerprint density at radius 1 is 0.411 bits per heavy atom. The predicted molar refractivity (Wildman–Crippen MR) is 503 cm³/mol. The smallest absolute Gasteiger partial charge is 0.168 e. The summed E-state index contributed by atoms with van der Waals surface area (Å²) < 4.78 is 222. The summed E-state index contributed by atoms with van der Waals surface area (Å²) in [6.45, 7) is 31.1. The summed E-state index contributed by atoms with van der Waals surface area (Å²) in [4.78, 5) is 13.5. The van der Waals surface area contributed by atoms with Crippen molar-refractivity contribution < 1.29 is 98.3 Å². The molecule has 6 aromatic rings. The van der Waals surface area contributed by atoms with Gasteiger partial charge in [0.1, 0.15) is 98.0 Å². The lowest BCUT2D eigenvalue weighted by molar-refractivity contribution is -0.0181. The van der Waals surface area contributed by atoms with Gasteiger partial charge in [-0.3, -0.25) is 15.0 Å². The fraction of sp³-hybridized carbons (Fsp3) is 0.543. The van der Waals surface area contributed by atoms with E-state index in [9.17, 15) is 75.0 Å². The highest BCUT2D eigenvalue weighted by Gasteiger charge is 2.66. The lowest BCUT2D eigenvalue weighted by atomic mass is 9.82. The first-order valence-corrected chi connectivity index (χ1v) is 48.5. The van der Waals surface area contributed by atoms with Crippen LogP contribution in [0.15, 0.2) is 191 Å². The number of halogens is 5. The molecule has 35 heteroatoms. The molecule has 5 fully saturated rings.